The van der Waals surface area contributed by atoms with E-state index in [4.69, 9.17) is 4.74 Å². The second-order valence-electron chi connectivity index (χ2n) is 7.11. The number of fused-ring (bicyclic) bond motifs is 5. The molecule has 3 aliphatic carbocycles. The second kappa shape index (κ2) is 4.84. The van der Waals surface area contributed by atoms with Crippen LogP contribution in [0.4, 0.5) is 0 Å². The van der Waals surface area contributed by atoms with Crippen LogP contribution in [0.25, 0.3) is 0 Å². The maximum absolute atomic E-state index is 11.4. The highest BCUT2D eigenvalue weighted by Gasteiger charge is 2.45. The van der Waals surface area contributed by atoms with E-state index in [0.29, 0.717) is 11.8 Å². The number of hydrogen-bond acceptors (Lipinski definition) is 2. The molecule has 1 saturated carbocycles. The van der Waals surface area contributed by atoms with Gasteiger partial charge < -0.3 is 4.74 Å². The standard InChI is InChI=1S/C20H22O2/c1-13(21)22-18-7-3-5-14-8-9-15-16(19(14)18)10-12-20(2)11-4-6-17(15)20/h3-7,11,15-16H,8-10,12H2,1-2H3/t15-,16+,20+/m1/s1. The maximum atomic E-state index is 11.4. The molecule has 0 bridgehead atoms. The molecule has 1 fully saturated rings. The molecule has 114 valence electrons. The number of rotatable bonds is 1. The van der Waals surface area contributed by atoms with Crippen molar-refractivity contribution in [3.8, 4) is 5.75 Å². The van der Waals surface area contributed by atoms with Gasteiger partial charge in [-0.15, -0.1) is 0 Å². The number of carbonyl (C=O) groups is 1. The Balaban J connectivity index is 1.77. The average molecular weight is 294 g/mol. The number of esters is 1. The molecule has 0 saturated heterocycles. The van der Waals surface area contributed by atoms with Gasteiger partial charge in [0.05, 0.1) is 0 Å². The van der Waals surface area contributed by atoms with Crippen LogP contribution in [0.15, 0.2) is 42.0 Å². The Morgan fingerprint density at radius 3 is 2.95 bits per heavy atom. The molecule has 0 N–H and O–H groups in total. The third-order valence-corrected chi connectivity index (χ3v) is 5.76. The number of carbonyl (C=O) groups excluding carboxylic acids is 1. The van der Waals surface area contributed by atoms with Gasteiger partial charge in [0.2, 0.25) is 0 Å². The molecular weight excluding hydrogens is 272 g/mol. The minimum absolute atomic E-state index is 0.224. The van der Waals surface area contributed by atoms with Crippen LogP contribution in [-0.2, 0) is 11.2 Å². The molecule has 1 aromatic carbocycles. The largest absolute Gasteiger partial charge is 0.426 e. The zero-order valence-electron chi connectivity index (χ0n) is 13.3. The van der Waals surface area contributed by atoms with Gasteiger partial charge in [0.1, 0.15) is 5.75 Å². The van der Waals surface area contributed by atoms with Crippen molar-refractivity contribution in [2.45, 2.75) is 45.4 Å². The molecule has 0 heterocycles. The van der Waals surface area contributed by atoms with Crippen LogP contribution in [0.2, 0.25) is 0 Å². The fourth-order valence-electron chi connectivity index (χ4n) is 4.78. The van der Waals surface area contributed by atoms with E-state index in [2.05, 4.69) is 31.2 Å². The summed E-state index contributed by atoms with van der Waals surface area (Å²) in [6.07, 6.45) is 11.6. The Morgan fingerprint density at radius 1 is 1.27 bits per heavy atom. The van der Waals surface area contributed by atoms with E-state index in [1.807, 2.05) is 12.1 Å². The Kier molecular flexibility index (Phi) is 3.04. The van der Waals surface area contributed by atoms with Crippen molar-refractivity contribution >= 4 is 5.97 Å². The molecule has 0 aliphatic heterocycles. The topological polar surface area (TPSA) is 26.3 Å². The van der Waals surface area contributed by atoms with Gasteiger partial charge in [0.15, 0.2) is 0 Å². The molecule has 2 heteroatoms. The first-order valence-electron chi connectivity index (χ1n) is 8.28. The first-order chi connectivity index (χ1) is 10.6. The van der Waals surface area contributed by atoms with Gasteiger partial charge in [0.25, 0.3) is 0 Å². The highest BCUT2D eigenvalue weighted by molar-refractivity contribution is 5.70. The maximum Gasteiger partial charge on any atom is 0.308 e. The molecule has 0 amide bonds. The fourth-order valence-corrected chi connectivity index (χ4v) is 4.78. The molecule has 1 aromatic rings. The lowest BCUT2D eigenvalue weighted by Gasteiger charge is -2.46. The molecule has 0 spiro atoms. The summed E-state index contributed by atoms with van der Waals surface area (Å²) in [5.41, 5.74) is 4.51. The van der Waals surface area contributed by atoms with E-state index in [9.17, 15) is 4.79 Å². The van der Waals surface area contributed by atoms with Crippen LogP contribution < -0.4 is 4.74 Å². The van der Waals surface area contributed by atoms with Crippen molar-refractivity contribution in [3.05, 3.63) is 53.1 Å². The van der Waals surface area contributed by atoms with E-state index in [-0.39, 0.29) is 11.4 Å². The molecule has 0 unspecified atom stereocenters. The van der Waals surface area contributed by atoms with Gasteiger partial charge in [-0.3, -0.25) is 4.79 Å². The van der Waals surface area contributed by atoms with Gasteiger partial charge in [-0.05, 0) is 49.1 Å². The Bertz CT molecular complexity index is 698. The summed E-state index contributed by atoms with van der Waals surface area (Å²) >= 11 is 0. The number of hydrogen-bond donors (Lipinski definition) is 0. The third-order valence-electron chi connectivity index (χ3n) is 5.76. The van der Waals surface area contributed by atoms with Crippen molar-refractivity contribution in [1.82, 2.24) is 0 Å². The number of ether oxygens (including phenoxy) is 1. The van der Waals surface area contributed by atoms with Crippen molar-refractivity contribution in [2.75, 3.05) is 0 Å². The summed E-state index contributed by atoms with van der Waals surface area (Å²) < 4.78 is 5.52. The molecule has 4 rings (SSSR count). The molecule has 3 atom stereocenters. The second-order valence-corrected chi connectivity index (χ2v) is 7.11. The molecular formula is C20H22O2. The minimum Gasteiger partial charge on any atom is -0.426 e. The van der Waals surface area contributed by atoms with Gasteiger partial charge in [-0.25, -0.2) is 0 Å². The van der Waals surface area contributed by atoms with Crippen LogP contribution in [0, 0.1) is 11.3 Å². The highest BCUT2D eigenvalue weighted by atomic mass is 16.5. The van der Waals surface area contributed by atoms with E-state index < -0.39 is 0 Å². The highest BCUT2D eigenvalue weighted by Crippen LogP contribution is 2.57. The Morgan fingerprint density at radius 2 is 2.14 bits per heavy atom. The summed E-state index contributed by atoms with van der Waals surface area (Å²) in [6, 6.07) is 6.17. The first kappa shape index (κ1) is 13.8. The SMILES string of the molecule is CC(=O)Oc1cccc2c1[C@H]1CC[C@]3(C)C=CC=C3[C@@H]1CC2. The van der Waals surface area contributed by atoms with Gasteiger partial charge >= 0.3 is 5.97 Å². The predicted octanol–water partition coefficient (Wildman–Crippen LogP) is 4.55. The summed E-state index contributed by atoms with van der Waals surface area (Å²) in [5.74, 6) is 1.66. The first-order valence-corrected chi connectivity index (χ1v) is 8.28. The third kappa shape index (κ3) is 1.97. The zero-order valence-corrected chi connectivity index (χ0v) is 13.3. The van der Waals surface area contributed by atoms with E-state index in [1.54, 1.807) is 5.57 Å². The van der Waals surface area contributed by atoms with Crippen LogP contribution in [0.5, 0.6) is 5.75 Å². The zero-order chi connectivity index (χ0) is 15.3. The van der Waals surface area contributed by atoms with Crippen molar-refractivity contribution in [1.29, 1.82) is 0 Å². The van der Waals surface area contributed by atoms with Gasteiger partial charge in [0, 0.05) is 17.9 Å². The van der Waals surface area contributed by atoms with E-state index in [1.165, 1.54) is 37.3 Å². The molecule has 3 aliphatic rings. The lowest BCUT2D eigenvalue weighted by Crippen LogP contribution is -2.34. The molecule has 22 heavy (non-hydrogen) atoms. The lowest BCUT2D eigenvalue weighted by atomic mass is 9.58. The van der Waals surface area contributed by atoms with Crippen LogP contribution in [-0.4, -0.2) is 5.97 Å². The molecule has 2 nitrogen and oxygen atoms in total. The van der Waals surface area contributed by atoms with Crippen LogP contribution in [0.1, 0.15) is 50.2 Å². The van der Waals surface area contributed by atoms with E-state index in [0.717, 1.165) is 12.2 Å². The lowest BCUT2D eigenvalue weighted by molar-refractivity contribution is -0.131. The average Bonchev–Trinajstić information content (AvgIpc) is 2.88. The number of allylic oxidation sites excluding steroid dienone is 4. The summed E-state index contributed by atoms with van der Waals surface area (Å²) in [6.45, 7) is 3.85. The number of benzene rings is 1. The van der Waals surface area contributed by atoms with Crippen LogP contribution in [0.3, 0.4) is 0 Å². The van der Waals surface area contributed by atoms with Crippen LogP contribution >= 0.6 is 0 Å². The Labute approximate surface area is 131 Å². The quantitative estimate of drug-likeness (QED) is 0.561. The summed E-state index contributed by atoms with van der Waals surface area (Å²) in [5, 5.41) is 0. The van der Waals surface area contributed by atoms with Crippen molar-refractivity contribution in [3.63, 3.8) is 0 Å². The summed E-state index contributed by atoms with van der Waals surface area (Å²) in [7, 11) is 0. The van der Waals surface area contributed by atoms with Gasteiger partial charge in [-0.1, -0.05) is 42.9 Å². The fraction of sp³-hybridized carbons (Fsp3) is 0.450. The minimum atomic E-state index is -0.224. The Hall–Kier alpha value is -1.83. The predicted molar refractivity (Wildman–Crippen MR) is 86.9 cm³/mol. The van der Waals surface area contributed by atoms with Gasteiger partial charge in [-0.2, -0.15) is 0 Å². The summed E-state index contributed by atoms with van der Waals surface area (Å²) in [4.78, 5) is 11.4. The van der Waals surface area contributed by atoms with E-state index >= 15 is 0 Å². The van der Waals surface area contributed by atoms with Crippen molar-refractivity contribution in [2.24, 2.45) is 11.3 Å². The number of aryl methyl sites for hydroxylation is 1. The molecule has 0 radical (unpaired) electrons. The van der Waals surface area contributed by atoms with Crippen molar-refractivity contribution < 1.29 is 9.53 Å². The smallest absolute Gasteiger partial charge is 0.308 e. The monoisotopic (exact) mass is 294 g/mol. The normalized spacial score (nSPS) is 31.8. The molecule has 0 aromatic heterocycles.